The number of hydrogen-bond donors (Lipinski definition) is 0. The summed E-state index contributed by atoms with van der Waals surface area (Å²) in [7, 11) is 0. The molecular formula is C20H12ClF9O. The lowest BCUT2D eigenvalue weighted by Crippen LogP contribution is -2.19. The van der Waals surface area contributed by atoms with Crippen LogP contribution in [0.2, 0.25) is 5.02 Å². The smallest absolute Gasteiger partial charge is 0.294 e. The predicted octanol–water partition coefficient (Wildman–Crippen LogP) is 8.16. The summed E-state index contributed by atoms with van der Waals surface area (Å²) >= 11 is 5.59. The van der Waals surface area contributed by atoms with Crippen LogP contribution in [0.4, 0.5) is 39.5 Å². The standard InChI is InChI=1S/C20H12ClF9O/c1-9(31)14-3-2-10(7-16(14)20(28,29)30)17(22)8-15(19(25,26)27)11-4-12(18(23)24)6-13(21)5-11/h2-8,15,18H,1H3/b17-8-. The van der Waals surface area contributed by atoms with Gasteiger partial charge in [-0.1, -0.05) is 23.7 Å². The van der Waals surface area contributed by atoms with Crippen LogP contribution in [0.1, 0.15) is 51.9 Å². The molecule has 0 aromatic heterocycles. The second-order valence-corrected chi connectivity index (χ2v) is 6.90. The minimum atomic E-state index is -5.17. The van der Waals surface area contributed by atoms with Crippen molar-refractivity contribution in [3.8, 4) is 0 Å². The summed E-state index contributed by atoms with van der Waals surface area (Å²) < 4.78 is 120. The molecule has 0 saturated heterocycles. The molecule has 168 valence electrons. The molecule has 0 saturated carbocycles. The number of ketones is 1. The van der Waals surface area contributed by atoms with E-state index in [4.69, 9.17) is 11.6 Å². The highest BCUT2D eigenvalue weighted by Crippen LogP contribution is 2.41. The number of carbonyl (C=O) groups is 1. The third kappa shape index (κ3) is 6.03. The largest absolute Gasteiger partial charge is 0.417 e. The molecule has 0 aliphatic rings. The molecule has 1 unspecified atom stereocenters. The van der Waals surface area contributed by atoms with Crippen LogP contribution in [0.5, 0.6) is 0 Å². The fourth-order valence-corrected chi connectivity index (χ4v) is 3.05. The average molecular weight is 475 g/mol. The summed E-state index contributed by atoms with van der Waals surface area (Å²) in [5.74, 6) is -5.44. The van der Waals surface area contributed by atoms with Crippen LogP contribution in [-0.2, 0) is 6.18 Å². The first-order chi connectivity index (χ1) is 14.1. The van der Waals surface area contributed by atoms with Crippen molar-refractivity contribution in [1.82, 2.24) is 0 Å². The molecule has 0 fully saturated rings. The van der Waals surface area contributed by atoms with E-state index in [1.165, 1.54) is 0 Å². The maximum absolute atomic E-state index is 14.6. The zero-order valence-corrected chi connectivity index (χ0v) is 16.1. The van der Waals surface area contributed by atoms with Gasteiger partial charge < -0.3 is 0 Å². The van der Waals surface area contributed by atoms with Crippen LogP contribution in [0.3, 0.4) is 0 Å². The maximum Gasteiger partial charge on any atom is 0.417 e. The van der Waals surface area contributed by atoms with Gasteiger partial charge in [0, 0.05) is 21.7 Å². The Labute approximate surface area is 175 Å². The zero-order chi connectivity index (χ0) is 23.7. The van der Waals surface area contributed by atoms with Crippen molar-refractivity contribution >= 4 is 23.2 Å². The van der Waals surface area contributed by atoms with Gasteiger partial charge in [0.05, 0.1) is 5.56 Å². The molecule has 11 heteroatoms. The van der Waals surface area contributed by atoms with Gasteiger partial charge in [0.1, 0.15) is 11.7 Å². The number of allylic oxidation sites excluding steroid dienone is 1. The number of benzene rings is 2. The number of rotatable bonds is 5. The molecular weight excluding hydrogens is 463 g/mol. The molecule has 0 amide bonds. The predicted molar refractivity (Wildman–Crippen MR) is 95.7 cm³/mol. The van der Waals surface area contributed by atoms with Crippen LogP contribution >= 0.6 is 11.6 Å². The molecule has 0 aliphatic carbocycles. The second-order valence-electron chi connectivity index (χ2n) is 6.47. The van der Waals surface area contributed by atoms with E-state index >= 15 is 0 Å². The van der Waals surface area contributed by atoms with E-state index in [1.807, 2.05) is 0 Å². The first kappa shape index (κ1) is 24.8. The van der Waals surface area contributed by atoms with Crippen LogP contribution in [-0.4, -0.2) is 12.0 Å². The maximum atomic E-state index is 14.6. The van der Waals surface area contributed by atoms with Crippen LogP contribution in [0, 0.1) is 0 Å². The first-order valence-electron chi connectivity index (χ1n) is 8.36. The number of alkyl halides is 8. The minimum Gasteiger partial charge on any atom is -0.294 e. The second kappa shape index (κ2) is 8.94. The van der Waals surface area contributed by atoms with E-state index < -0.39 is 69.1 Å². The lowest BCUT2D eigenvalue weighted by atomic mass is 9.94. The Morgan fingerprint density at radius 2 is 1.55 bits per heavy atom. The van der Waals surface area contributed by atoms with E-state index in [0.717, 1.165) is 13.0 Å². The lowest BCUT2D eigenvalue weighted by Gasteiger charge is -2.19. The van der Waals surface area contributed by atoms with Gasteiger partial charge in [-0.3, -0.25) is 4.79 Å². The topological polar surface area (TPSA) is 17.1 Å². The van der Waals surface area contributed by atoms with Crippen molar-refractivity contribution in [2.45, 2.75) is 31.6 Å². The molecule has 0 radical (unpaired) electrons. The number of carbonyl (C=O) groups excluding carboxylic acids is 1. The van der Waals surface area contributed by atoms with Gasteiger partial charge in [0.15, 0.2) is 5.78 Å². The third-order valence-electron chi connectivity index (χ3n) is 4.20. The van der Waals surface area contributed by atoms with Gasteiger partial charge in [-0.2, -0.15) is 26.3 Å². The van der Waals surface area contributed by atoms with E-state index in [0.29, 0.717) is 24.3 Å². The Kier molecular flexibility index (Phi) is 7.14. The van der Waals surface area contributed by atoms with Gasteiger partial charge >= 0.3 is 12.4 Å². The van der Waals surface area contributed by atoms with Crippen LogP contribution < -0.4 is 0 Å². The van der Waals surface area contributed by atoms with E-state index in [2.05, 4.69) is 0 Å². The molecule has 31 heavy (non-hydrogen) atoms. The fourth-order valence-electron chi connectivity index (χ4n) is 2.80. The van der Waals surface area contributed by atoms with E-state index in [1.54, 1.807) is 0 Å². The van der Waals surface area contributed by atoms with Crippen LogP contribution in [0.25, 0.3) is 5.83 Å². The van der Waals surface area contributed by atoms with Gasteiger partial charge in [0.25, 0.3) is 6.43 Å². The molecule has 2 rings (SSSR count). The van der Waals surface area contributed by atoms with Gasteiger partial charge in [-0.25, -0.2) is 13.2 Å². The van der Waals surface area contributed by atoms with Crippen LogP contribution in [0.15, 0.2) is 42.5 Å². The molecule has 0 bridgehead atoms. The Morgan fingerprint density at radius 3 is 2.03 bits per heavy atom. The van der Waals surface area contributed by atoms with Gasteiger partial charge in [-0.05, 0) is 42.8 Å². The first-order valence-corrected chi connectivity index (χ1v) is 8.74. The summed E-state index contributed by atoms with van der Waals surface area (Å²) in [6.45, 7) is 0.843. The molecule has 1 nitrogen and oxygen atoms in total. The summed E-state index contributed by atoms with van der Waals surface area (Å²) in [6, 6.07) is 3.49. The Morgan fingerprint density at radius 1 is 0.968 bits per heavy atom. The molecule has 0 heterocycles. The van der Waals surface area contributed by atoms with Crippen molar-refractivity contribution in [3.63, 3.8) is 0 Å². The molecule has 1 atom stereocenters. The monoisotopic (exact) mass is 474 g/mol. The Bertz CT molecular complexity index is 1010. The molecule has 2 aromatic carbocycles. The normalized spacial score (nSPS) is 14.1. The van der Waals surface area contributed by atoms with E-state index in [-0.39, 0.29) is 12.1 Å². The Hall–Kier alpha value is -2.49. The fraction of sp³-hybridized carbons (Fsp3) is 0.250. The Balaban J connectivity index is 2.62. The quantitative estimate of drug-likeness (QED) is 0.315. The third-order valence-corrected chi connectivity index (χ3v) is 4.42. The van der Waals surface area contributed by atoms with Crippen molar-refractivity contribution in [1.29, 1.82) is 0 Å². The number of halogens is 10. The minimum absolute atomic E-state index is 0.0379. The highest BCUT2D eigenvalue weighted by atomic mass is 35.5. The summed E-state index contributed by atoms with van der Waals surface area (Å²) in [5.41, 5.74) is -4.83. The highest BCUT2D eigenvalue weighted by molar-refractivity contribution is 6.30. The van der Waals surface area contributed by atoms with E-state index in [9.17, 15) is 44.3 Å². The summed E-state index contributed by atoms with van der Waals surface area (Å²) in [5, 5.41) is -0.457. The molecule has 0 aliphatic heterocycles. The number of Topliss-reactive ketones (excluding diaryl/α,β-unsaturated/α-hetero) is 1. The molecule has 0 N–H and O–H groups in total. The molecule has 2 aromatic rings. The number of hydrogen-bond acceptors (Lipinski definition) is 1. The van der Waals surface area contributed by atoms with Crippen molar-refractivity contribution in [3.05, 3.63) is 75.3 Å². The van der Waals surface area contributed by atoms with Crippen molar-refractivity contribution in [2.75, 3.05) is 0 Å². The lowest BCUT2D eigenvalue weighted by molar-refractivity contribution is -0.140. The SMILES string of the molecule is CC(=O)c1ccc(/C(F)=C/C(c2cc(Cl)cc(C(F)F)c2)C(F)(F)F)cc1C(F)(F)F. The summed E-state index contributed by atoms with van der Waals surface area (Å²) in [6.07, 6.45) is -13.4. The summed E-state index contributed by atoms with van der Waals surface area (Å²) in [4.78, 5) is 11.4. The average Bonchev–Trinajstić information content (AvgIpc) is 2.63. The molecule has 0 spiro atoms. The highest BCUT2D eigenvalue weighted by Gasteiger charge is 2.41. The van der Waals surface area contributed by atoms with Gasteiger partial charge in [0.2, 0.25) is 0 Å². The van der Waals surface area contributed by atoms with Crippen molar-refractivity contribution < 1.29 is 44.3 Å². The zero-order valence-electron chi connectivity index (χ0n) is 15.4. The van der Waals surface area contributed by atoms with Gasteiger partial charge in [-0.15, -0.1) is 0 Å². The van der Waals surface area contributed by atoms with Crippen molar-refractivity contribution in [2.24, 2.45) is 0 Å².